The third-order valence-corrected chi connectivity index (χ3v) is 3.87. The number of piperidine rings is 1. The number of benzene rings is 1. The molecule has 1 heterocycles. The number of hydrogen-bond donors (Lipinski definition) is 1. The number of hydrogen-bond acceptors (Lipinski definition) is 2. The first-order valence-electron chi connectivity index (χ1n) is 6.66. The molecule has 1 aliphatic heterocycles. The van der Waals surface area contributed by atoms with Crippen LogP contribution in [-0.2, 0) is 11.2 Å². The lowest BCUT2D eigenvalue weighted by atomic mass is 9.87. The van der Waals surface area contributed by atoms with Crippen molar-refractivity contribution in [2.24, 2.45) is 11.8 Å². The van der Waals surface area contributed by atoms with Gasteiger partial charge in [0.1, 0.15) is 0 Å². The Kier molecular flexibility index (Phi) is 4.37. The maximum Gasteiger partial charge on any atom is 0.306 e. The fraction of sp³-hybridized carbons (Fsp3) is 0.533. The van der Waals surface area contributed by atoms with Crippen molar-refractivity contribution < 1.29 is 9.90 Å². The molecule has 98 valence electrons. The highest BCUT2D eigenvalue weighted by Gasteiger charge is 2.30. The van der Waals surface area contributed by atoms with E-state index < -0.39 is 5.97 Å². The predicted molar refractivity (Wildman–Crippen MR) is 71.5 cm³/mol. The van der Waals surface area contributed by atoms with E-state index in [9.17, 15) is 4.79 Å². The summed E-state index contributed by atoms with van der Waals surface area (Å²) in [6.45, 7) is 4.89. The summed E-state index contributed by atoms with van der Waals surface area (Å²) in [6, 6.07) is 10.5. The van der Waals surface area contributed by atoms with E-state index in [0.29, 0.717) is 0 Å². The number of carboxylic acid groups (broad SMARTS) is 1. The van der Waals surface area contributed by atoms with Crippen LogP contribution in [0.4, 0.5) is 0 Å². The lowest BCUT2D eigenvalue weighted by Crippen LogP contribution is -2.42. The SMILES string of the molecule is C[C@@H]1CN(CCc2ccccc2)CC[C@H]1C(=O)O. The molecule has 1 saturated heterocycles. The second-order valence-electron chi connectivity index (χ2n) is 5.25. The first-order chi connectivity index (χ1) is 8.66. The van der Waals surface area contributed by atoms with Crippen molar-refractivity contribution in [2.75, 3.05) is 19.6 Å². The number of nitrogens with zero attached hydrogens (tertiary/aromatic N) is 1. The average Bonchev–Trinajstić information content (AvgIpc) is 2.37. The normalized spacial score (nSPS) is 24.9. The van der Waals surface area contributed by atoms with Crippen LogP contribution in [-0.4, -0.2) is 35.6 Å². The van der Waals surface area contributed by atoms with Crippen LogP contribution < -0.4 is 0 Å². The molecule has 0 saturated carbocycles. The molecule has 1 aliphatic rings. The topological polar surface area (TPSA) is 40.5 Å². The van der Waals surface area contributed by atoms with E-state index in [1.165, 1.54) is 5.56 Å². The first kappa shape index (κ1) is 13.1. The first-order valence-corrected chi connectivity index (χ1v) is 6.66. The molecule has 0 spiro atoms. The molecule has 0 unspecified atom stereocenters. The van der Waals surface area contributed by atoms with Gasteiger partial charge in [0.05, 0.1) is 5.92 Å². The number of carbonyl (C=O) groups is 1. The van der Waals surface area contributed by atoms with Crippen LogP contribution in [0.1, 0.15) is 18.9 Å². The van der Waals surface area contributed by atoms with Crippen LogP contribution in [0, 0.1) is 11.8 Å². The van der Waals surface area contributed by atoms with Crippen LogP contribution in [0.2, 0.25) is 0 Å². The number of rotatable bonds is 4. The Morgan fingerprint density at radius 3 is 2.72 bits per heavy atom. The molecule has 0 radical (unpaired) electrons. The highest BCUT2D eigenvalue weighted by Crippen LogP contribution is 2.23. The van der Waals surface area contributed by atoms with Crippen LogP contribution >= 0.6 is 0 Å². The van der Waals surface area contributed by atoms with E-state index in [-0.39, 0.29) is 11.8 Å². The van der Waals surface area contributed by atoms with Crippen molar-refractivity contribution in [1.82, 2.24) is 4.90 Å². The minimum Gasteiger partial charge on any atom is -0.481 e. The summed E-state index contributed by atoms with van der Waals surface area (Å²) in [5, 5.41) is 9.08. The Bertz CT molecular complexity index is 391. The Labute approximate surface area is 108 Å². The van der Waals surface area contributed by atoms with Crippen LogP contribution in [0.15, 0.2) is 30.3 Å². The van der Waals surface area contributed by atoms with Crippen molar-refractivity contribution in [2.45, 2.75) is 19.8 Å². The second kappa shape index (κ2) is 6.01. The van der Waals surface area contributed by atoms with Gasteiger partial charge in [-0.25, -0.2) is 0 Å². The van der Waals surface area contributed by atoms with E-state index >= 15 is 0 Å². The van der Waals surface area contributed by atoms with Gasteiger partial charge in [-0.3, -0.25) is 4.79 Å². The summed E-state index contributed by atoms with van der Waals surface area (Å²) in [4.78, 5) is 13.4. The molecule has 2 atom stereocenters. The zero-order chi connectivity index (χ0) is 13.0. The minimum atomic E-state index is -0.634. The second-order valence-corrected chi connectivity index (χ2v) is 5.25. The molecular formula is C15H21NO2. The predicted octanol–water partition coefficient (Wildman–Crippen LogP) is 2.27. The highest BCUT2D eigenvalue weighted by molar-refractivity contribution is 5.70. The van der Waals surface area contributed by atoms with Crippen LogP contribution in [0.25, 0.3) is 0 Å². The third kappa shape index (κ3) is 3.33. The molecule has 1 aromatic carbocycles. The van der Waals surface area contributed by atoms with Crippen molar-refractivity contribution in [3.8, 4) is 0 Å². The Morgan fingerprint density at radius 1 is 1.39 bits per heavy atom. The molecule has 1 fully saturated rings. The van der Waals surface area contributed by atoms with E-state index in [0.717, 1.165) is 32.5 Å². The average molecular weight is 247 g/mol. The van der Waals surface area contributed by atoms with E-state index in [1.807, 2.05) is 13.0 Å². The summed E-state index contributed by atoms with van der Waals surface area (Å²) < 4.78 is 0. The van der Waals surface area contributed by atoms with Gasteiger partial charge in [-0.05, 0) is 30.9 Å². The van der Waals surface area contributed by atoms with Gasteiger partial charge in [0.25, 0.3) is 0 Å². The van der Waals surface area contributed by atoms with Gasteiger partial charge in [0.2, 0.25) is 0 Å². The summed E-state index contributed by atoms with van der Waals surface area (Å²) in [5.74, 6) is -0.532. The third-order valence-electron chi connectivity index (χ3n) is 3.87. The lowest BCUT2D eigenvalue weighted by molar-refractivity contribution is -0.145. The van der Waals surface area contributed by atoms with Crippen LogP contribution in [0.5, 0.6) is 0 Å². The monoisotopic (exact) mass is 247 g/mol. The summed E-state index contributed by atoms with van der Waals surface area (Å²) >= 11 is 0. The largest absolute Gasteiger partial charge is 0.481 e. The zero-order valence-electron chi connectivity index (χ0n) is 10.9. The molecular weight excluding hydrogens is 226 g/mol. The van der Waals surface area contributed by atoms with Gasteiger partial charge in [-0.15, -0.1) is 0 Å². The Morgan fingerprint density at radius 2 is 2.11 bits per heavy atom. The lowest BCUT2D eigenvalue weighted by Gasteiger charge is -2.34. The van der Waals surface area contributed by atoms with Crippen molar-refractivity contribution in [3.63, 3.8) is 0 Å². The van der Waals surface area contributed by atoms with Gasteiger partial charge < -0.3 is 10.0 Å². The van der Waals surface area contributed by atoms with Crippen molar-refractivity contribution in [1.29, 1.82) is 0 Å². The summed E-state index contributed by atoms with van der Waals surface area (Å²) in [7, 11) is 0. The standard InChI is InChI=1S/C15H21NO2/c1-12-11-16(10-8-14(12)15(17)18)9-7-13-5-3-2-4-6-13/h2-6,12,14H,7-11H2,1H3,(H,17,18)/t12-,14-/m1/s1. The Balaban J connectivity index is 1.81. The maximum absolute atomic E-state index is 11.0. The van der Waals surface area contributed by atoms with Gasteiger partial charge in [-0.2, -0.15) is 0 Å². The minimum absolute atomic E-state index is 0.155. The van der Waals surface area contributed by atoms with Crippen molar-refractivity contribution >= 4 is 5.97 Å². The number of aliphatic carboxylic acids is 1. The highest BCUT2D eigenvalue weighted by atomic mass is 16.4. The Hall–Kier alpha value is -1.35. The van der Waals surface area contributed by atoms with E-state index in [1.54, 1.807) is 0 Å². The molecule has 1 N–H and O–H groups in total. The maximum atomic E-state index is 11.0. The molecule has 0 bridgehead atoms. The molecule has 3 heteroatoms. The summed E-state index contributed by atoms with van der Waals surface area (Å²) in [6.07, 6.45) is 1.83. The van der Waals surface area contributed by atoms with E-state index in [2.05, 4.69) is 29.2 Å². The van der Waals surface area contributed by atoms with E-state index in [4.69, 9.17) is 5.11 Å². The molecule has 0 aromatic heterocycles. The smallest absolute Gasteiger partial charge is 0.306 e. The molecule has 2 rings (SSSR count). The van der Waals surface area contributed by atoms with Crippen molar-refractivity contribution in [3.05, 3.63) is 35.9 Å². The van der Waals surface area contributed by atoms with Gasteiger partial charge in [0.15, 0.2) is 0 Å². The molecule has 1 aromatic rings. The molecule has 0 amide bonds. The van der Waals surface area contributed by atoms with Gasteiger partial charge in [-0.1, -0.05) is 37.3 Å². The number of likely N-dealkylation sites (tertiary alicyclic amines) is 1. The zero-order valence-corrected chi connectivity index (χ0v) is 10.9. The summed E-state index contributed by atoms with van der Waals surface area (Å²) in [5.41, 5.74) is 1.35. The van der Waals surface area contributed by atoms with Crippen LogP contribution in [0.3, 0.4) is 0 Å². The number of carboxylic acids is 1. The van der Waals surface area contributed by atoms with Gasteiger partial charge >= 0.3 is 5.97 Å². The fourth-order valence-electron chi connectivity index (χ4n) is 2.73. The molecule has 3 nitrogen and oxygen atoms in total. The molecule has 18 heavy (non-hydrogen) atoms. The quantitative estimate of drug-likeness (QED) is 0.887. The van der Waals surface area contributed by atoms with Gasteiger partial charge in [0, 0.05) is 13.1 Å². The molecule has 0 aliphatic carbocycles. The fourth-order valence-corrected chi connectivity index (χ4v) is 2.73.